The molecule has 2 aromatic rings. The summed E-state index contributed by atoms with van der Waals surface area (Å²) in [5.74, 6) is 2.03. The topological polar surface area (TPSA) is 59.2 Å². The number of hydrogen-bond donors (Lipinski definition) is 0. The molecule has 0 unspecified atom stereocenters. The molecule has 108 valence electrons. The van der Waals surface area contributed by atoms with E-state index in [1.807, 2.05) is 36.1 Å². The van der Waals surface area contributed by atoms with Crippen LogP contribution in [0.4, 0.5) is 5.69 Å². The van der Waals surface area contributed by atoms with Gasteiger partial charge in [0.1, 0.15) is 0 Å². The Balaban J connectivity index is 1.53. The van der Waals surface area contributed by atoms with Crippen LogP contribution < -0.4 is 4.90 Å². The summed E-state index contributed by atoms with van der Waals surface area (Å²) in [7, 11) is 0. The molecule has 1 atom stereocenters. The third-order valence-electron chi connectivity index (χ3n) is 4.22. The summed E-state index contributed by atoms with van der Waals surface area (Å²) in [6.45, 7) is 2.66. The van der Waals surface area contributed by atoms with Crippen molar-refractivity contribution in [3.8, 4) is 0 Å². The summed E-state index contributed by atoms with van der Waals surface area (Å²) >= 11 is 0. The van der Waals surface area contributed by atoms with Gasteiger partial charge in [-0.25, -0.2) is 0 Å². The van der Waals surface area contributed by atoms with Gasteiger partial charge in [0.05, 0.1) is 5.92 Å². The fourth-order valence-corrected chi connectivity index (χ4v) is 2.77. The van der Waals surface area contributed by atoms with E-state index in [9.17, 15) is 4.79 Å². The molecule has 1 saturated carbocycles. The summed E-state index contributed by atoms with van der Waals surface area (Å²) in [5.41, 5.74) is 2.13. The van der Waals surface area contributed by atoms with E-state index in [4.69, 9.17) is 4.52 Å². The lowest BCUT2D eigenvalue weighted by Gasteiger charge is -2.16. The van der Waals surface area contributed by atoms with E-state index in [-0.39, 0.29) is 11.8 Å². The molecule has 5 heteroatoms. The first-order valence-corrected chi connectivity index (χ1v) is 7.41. The fourth-order valence-electron chi connectivity index (χ4n) is 2.77. The van der Waals surface area contributed by atoms with Crippen LogP contribution in [0.3, 0.4) is 0 Å². The minimum atomic E-state index is 0.0128. The third kappa shape index (κ3) is 2.33. The number of benzene rings is 1. The van der Waals surface area contributed by atoms with Gasteiger partial charge in [0.2, 0.25) is 11.8 Å². The number of nitrogens with zero attached hydrogens (tertiary/aromatic N) is 3. The maximum atomic E-state index is 12.2. The molecule has 4 rings (SSSR count). The number of hydrogen-bond acceptors (Lipinski definition) is 4. The molecular formula is C16H17N3O2. The van der Waals surface area contributed by atoms with Gasteiger partial charge < -0.3 is 9.42 Å². The van der Waals surface area contributed by atoms with Crippen LogP contribution in [0.25, 0.3) is 0 Å². The van der Waals surface area contributed by atoms with Crippen molar-refractivity contribution < 1.29 is 9.32 Å². The minimum absolute atomic E-state index is 0.0128. The molecule has 1 aromatic carbocycles. The molecule has 21 heavy (non-hydrogen) atoms. The third-order valence-corrected chi connectivity index (χ3v) is 4.22. The zero-order valence-electron chi connectivity index (χ0n) is 12.0. The molecule has 1 amide bonds. The van der Waals surface area contributed by atoms with Crippen LogP contribution >= 0.6 is 0 Å². The molecule has 2 aliphatic rings. The van der Waals surface area contributed by atoms with Crippen molar-refractivity contribution in [2.45, 2.75) is 38.0 Å². The van der Waals surface area contributed by atoms with Crippen LogP contribution in [0, 0.1) is 6.92 Å². The minimum Gasteiger partial charge on any atom is -0.339 e. The first-order chi connectivity index (χ1) is 10.2. The van der Waals surface area contributed by atoms with Gasteiger partial charge in [0, 0.05) is 24.6 Å². The van der Waals surface area contributed by atoms with E-state index in [1.54, 1.807) is 0 Å². The predicted molar refractivity (Wildman–Crippen MR) is 77.2 cm³/mol. The van der Waals surface area contributed by atoms with Crippen molar-refractivity contribution in [2.75, 3.05) is 11.4 Å². The summed E-state index contributed by atoms with van der Waals surface area (Å²) in [5, 5.41) is 4.04. The van der Waals surface area contributed by atoms with E-state index >= 15 is 0 Å². The molecule has 0 radical (unpaired) electrons. The quantitative estimate of drug-likeness (QED) is 0.869. The highest BCUT2D eigenvalue weighted by Gasteiger charge is 2.36. The predicted octanol–water partition coefficient (Wildman–Crippen LogP) is 2.78. The van der Waals surface area contributed by atoms with Crippen molar-refractivity contribution in [1.82, 2.24) is 10.1 Å². The number of carbonyl (C=O) groups is 1. The van der Waals surface area contributed by atoms with Gasteiger partial charge in [-0.1, -0.05) is 22.9 Å². The number of aromatic nitrogens is 2. The van der Waals surface area contributed by atoms with E-state index in [2.05, 4.69) is 10.1 Å². The van der Waals surface area contributed by atoms with E-state index < -0.39 is 0 Å². The Kier molecular flexibility index (Phi) is 2.80. The van der Waals surface area contributed by atoms with Crippen LogP contribution in [-0.2, 0) is 4.79 Å². The van der Waals surface area contributed by atoms with Gasteiger partial charge in [-0.3, -0.25) is 4.79 Å². The Morgan fingerprint density at radius 3 is 2.67 bits per heavy atom. The number of rotatable bonds is 3. The smallest absolute Gasteiger partial charge is 0.232 e. The largest absolute Gasteiger partial charge is 0.339 e. The van der Waals surface area contributed by atoms with E-state index in [0.717, 1.165) is 24.4 Å². The summed E-state index contributed by atoms with van der Waals surface area (Å²) in [6.07, 6.45) is 2.75. The highest BCUT2D eigenvalue weighted by Crippen LogP contribution is 2.39. The molecule has 2 heterocycles. The van der Waals surface area contributed by atoms with Gasteiger partial charge in [0.15, 0.2) is 5.82 Å². The Labute approximate surface area is 123 Å². The molecule has 2 fully saturated rings. The average molecular weight is 283 g/mol. The molecule has 1 aromatic heterocycles. The summed E-state index contributed by atoms with van der Waals surface area (Å²) in [4.78, 5) is 18.5. The average Bonchev–Trinajstić information content (AvgIpc) is 3.08. The molecule has 0 bridgehead atoms. The lowest BCUT2D eigenvalue weighted by atomic mass is 10.1. The first-order valence-electron chi connectivity index (χ1n) is 7.41. The van der Waals surface area contributed by atoms with Crippen molar-refractivity contribution in [3.63, 3.8) is 0 Å². The number of aryl methyl sites for hydroxylation is 1. The van der Waals surface area contributed by atoms with E-state index in [1.165, 1.54) is 5.56 Å². The van der Waals surface area contributed by atoms with Crippen LogP contribution in [0.15, 0.2) is 28.8 Å². The molecule has 5 nitrogen and oxygen atoms in total. The van der Waals surface area contributed by atoms with Gasteiger partial charge in [-0.05, 0) is 31.9 Å². The van der Waals surface area contributed by atoms with Crippen molar-refractivity contribution >= 4 is 11.6 Å². The Bertz CT molecular complexity index is 673. The van der Waals surface area contributed by atoms with Crippen molar-refractivity contribution in [1.29, 1.82) is 0 Å². The zero-order valence-corrected chi connectivity index (χ0v) is 12.0. The Hall–Kier alpha value is -2.17. The van der Waals surface area contributed by atoms with Gasteiger partial charge in [0.25, 0.3) is 0 Å². The monoisotopic (exact) mass is 283 g/mol. The summed E-state index contributed by atoms with van der Waals surface area (Å²) < 4.78 is 5.36. The van der Waals surface area contributed by atoms with Crippen LogP contribution in [-0.4, -0.2) is 22.6 Å². The SMILES string of the molecule is Cc1ccc(N2C[C@H](c3nc(C4CC4)no3)CC2=O)cc1. The standard InChI is InChI=1S/C16H17N3O2/c1-10-2-6-13(7-3-10)19-9-12(8-14(19)20)16-17-15(18-21-16)11-4-5-11/h2-3,6-7,11-12H,4-5,8-9H2,1H3/t12-/m1/s1. The second-order valence-corrected chi connectivity index (χ2v) is 6.01. The molecule has 1 saturated heterocycles. The summed E-state index contributed by atoms with van der Waals surface area (Å²) in [6, 6.07) is 8.01. The lowest BCUT2D eigenvalue weighted by Crippen LogP contribution is -2.24. The molecular weight excluding hydrogens is 266 g/mol. The Morgan fingerprint density at radius 2 is 1.95 bits per heavy atom. The Morgan fingerprint density at radius 1 is 1.19 bits per heavy atom. The zero-order chi connectivity index (χ0) is 14.4. The van der Waals surface area contributed by atoms with Gasteiger partial charge in [-0.2, -0.15) is 4.98 Å². The maximum absolute atomic E-state index is 12.2. The number of anilines is 1. The second kappa shape index (κ2) is 4.69. The van der Waals surface area contributed by atoms with Crippen molar-refractivity contribution in [3.05, 3.63) is 41.5 Å². The van der Waals surface area contributed by atoms with Gasteiger partial charge in [-0.15, -0.1) is 0 Å². The van der Waals surface area contributed by atoms with Crippen molar-refractivity contribution in [2.24, 2.45) is 0 Å². The molecule has 1 aliphatic heterocycles. The van der Waals surface area contributed by atoms with Crippen LogP contribution in [0.1, 0.15) is 48.4 Å². The fraction of sp³-hybridized carbons (Fsp3) is 0.438. The van der Waals surface area contributed by atoms with E-state index in [0.29, 0.717) is 24.8 Å². The van der Waals surface area contributed by atoms with Crippen LogP contribution in [0.5, 0.6) is 0 Å². The molecule has 0 N–H and O–H groups in total. The highest BCUT2D eigenvalue weighted by molar-refractivity contribution is 5.96. The number of carbonyl (C=O) groups excluding carboxylic acids is 1. The first kappa shape index (κ1) is 12.6. The molecule has 0 spiro atoms. The number of amides is 1. The normalized spacial score (nSPS) is 22.0. The van der Waals surface area contributed by atoms with Crippen LogP contribution in [0.2, 0.25) is 0 Å². The molecule has 1 aliphatic carbocycles. The lowest BCUT2D eigenvalue weighted by molar-refractivity contribution is -0.117. The second-order valence-electron chi connectivity index (χ2n) is 6.01. The highest BCUT2D eigenvalue weighted by atomic mass is 16.5. The van der Waals surface area contributed by atoms with Gasteiger partial charge >= 0.3 is 0 Å². The maximum Gasteiger partial charge on any atom is 0.232 e.